The molecule has 0 saturated heterocycles. The van der Waals surface area contributed by atoms with Crippen LogP contribution in [0.15, 0.2) is 164 Å². The van der Waals surface area contributed by atoms with Crippen molar-refractivity contribution in [1.29, 1.82) is 0 Å². The normalized spacial score (nSPS) is 13.8. The second-order valence-electron chi connectivity index (χ2n) is 13.8. The van der Waals surface area contributed by atoms with Gasteiger partial charge in [-0.15, -0.1) is 0 Å². The third kappa shape index (κ3) is 3.85. The maximum absolute atomic E-state index is 2.46. The fourth-order valence-electron chi connectivity index (χ4n) is 8.43. The molecule has 8 aromatic carbocycles. The van der Waals surface area contributed by atoms with Crippen LogP contribution in [0.5, 0.6) is 0 Å². The Morgan fingerprint density at radius 2 is 0.917 bits per heavy atom. The number of fused-ring (bicyclic) bond motifs is 8. The number of rotatable bonds is 2. The zero-order valence-corrected chi connectivity index (χ0v) is 27.0. The largest absolute Gasteiger partial charge is 0.309 e. The molecule has 0 bridgehead atoms. The SMILES string of the molecule is CC1(C)c2ccc(-c3cccc(N4c5ccccc5-c5cccc6cccc(c56)-c5ccccc54)c3)cc2-c2cc3ccccc3cc21. The number of hydrogen-bond acceptors (Lipinski definition) is 1. The van der Waals surface area contributed by atoms with E-state index in [1.54, 1.807) is 0 Å². The average molecular weight is 612 g/mol. The lowest BCUT2D eigenvalue weighted by molar-refractivity contribution is 0.661. The van der Waals surface area contributed by atoms with E-state index >= 15 is 0 Å². The highest BCUT2D eigenvalue weighted by Gasteiger charge is 2.36. The smallest absolute Gasteiger partial charge is 0.0540 e. The van der Waals surface area contributed by atoms with E-state index in [-0.39, 0.29) is 5.41 Å². The van der Waals surface area contributed by atoms with Gasteiger partial charge in [-0.1, -0.05) is 135 Å². The molecular formula is C47H33N. The summed E-state index contributed by atoms with van der Waals surface area (Å²) < 4.78 is 0. The van der Waals surface area contributed by atoms with Gasteiger partial charge in [0.25, 0.3) is 0 Å². The molecule has 0 spiro atoms. The molecule has 8 aromatic rings. The molecule has 0 radical (unpaired) electrons. The van der Waals surface area contributed by atoms with E-state index in [2.05, 4.69) is 183 Å². The molecule has 2 aliphatic rings. The van der Waals surface area contributed by atoms with Gasteiger partial charge >= 0.3 is 0 Å². The molecule has 1 aliphatic carbocycles. The molecule has 0 atom stereocenters. The van der Waals surface area contributed by atoms with Gasteiger partial charge in [0.15, 0.2) is 0 Å². The Morgan fingerprint density at radius 1 is 0.375 bits per heavy atom. The van der Waals surface area contributed by atoms with E-state index in [1.165, 1.54) is 88.6 Å². The van der Waals surface area contributed by atoms with Gasteiger partial charge in [0, 0.05) is 22.2 Å². The van der Waals surface area contributed by atoms with Crippen LogP contribution in [-0.2, 0) is 5.41 Å². The second kappa shape index (κ2) is 10.0. The van der Waals surface area contributed by atoms with Crippen LogP contribution in [-0.4, -0.2) is 0 Å². The average Bonchev–Trinajstić information content (AvgIpc) is 3.35. The first-order chi connectivity index (χ1) is 23.6. The van der Waals surface area contributed by atoms with Crippen molar-refractivity contribution in [2.24, 2.45) is 0 Å². The molecule has 1 aliphatic heterocycles. The maximum Gasteiger partial charge on any atom is 0.0540 e. The first-order valence-electron chi connectivity index (χ1n) is 16.9. The van der Waals surface area contributed by atoms with Crippen molar-refractivity contribution in [1.82, 2.24) is 0 Å². The van der Waals surface area contributed by atoms with Gasteiger partial charge in [0.1, 0.15) is 0 Å². The topological polar surface area (TPSA) is 3.24 Å². The lowest BCUT2D eigenvalue weighted by Crippen LogP contribution is -2.14. The van der Waals surface area contributed by atoms with E-state index in [0.29, 0.717) is 0 Å². The van der Waals surface area contributed by atoms with Crippen molar-refractivity contribution in [3.63, 3.8) is 0 Å². The summed E-state index contributed by atoms with van der Waals surface area (Å²) in [5.41, 5.74) is 16.4. The summed E-state index contributed by atoms with van der Waals surface area (Å²) >= 11 is 0. The van der Waals surface area contributed by atoms with Crippen molar-refractivity contribution in [2.75, 3.05) is 4.90 Å². The summed E-state index contributed by atoms with van der Waals surface area (Å²) in [6.45, 7) is 4.73. The molecule has 1 nitrogen and oxygen atoms in total. The summed E-state index contributed by atoms with van der Waals surface area (Å²) in [5, 5.41) is 5.17. The Kier molecular flexibility index (Phi) is 5.69. The van der Waals surface area contributed by atoms with Crippen LogP contribution in [0.25, 0.3) is 66.1 Å². The van der Waals surface area contributed by atoms with E-state index in [1.807, 2.05) is 0 Å². The molecule has 0 unspecified atom stereocenters. The maximum atomic E-state index is 2.46. The lowest BCUT2D eigenvalue weighted by Gasteiger charge is -2.32. The predicted molar refractivity (Wildman–Crippen MR) is 204 cm³/mol. The van der Waals surface area contributed by atoms with Gasteiger partial charge in [0.05, 0.1) is 11.4 Å². The van der Waals surface area contributed by atoms with Crippen LogP contribution in [0.3, 0.4) is 0 Å². The molecule has 226 valence electrons. The Hall–Kier alpha value is -5.92. The van der Waals surface area contributed by atoms with E-state index in [0.717, 1.165) is 5.69 Å². The molecule has 0 aromatic heterocycles. The molecule has 0 saturated carbocycles. The first-order valence-corrected chi connectivity index (χ1v) is 16.9. The highest BCUT2D eigenvalue weighted by Crippen LogP contribution is 2.53. The van der Waals surface area contributed by atoms with Crippen LogP contribution in [0, 0.1) is 0 Å². The Labute approximate surface area is 281 Å². The summed E-state index contributed by atoms with van der Waals surface area (Å²) in [4.78, 5) is 2.46. The van der Waals surface area contributed by atoms with Gasteiger partial charge in [-0.25, -0.2) is 0 Å². The van der Waals surface area contributed by atoms with E-state index in [9.17, 15) is 0 Å². The third-order valence-electron chi connectivity index (χ3n) is 10.8. The number of benzene rings is 8. The molecular weight excluding hydrogens is 579 g/mol. The zero-order chi connectivity index (χ0) is 32.0. The Balaban J connectivity index is 1.17. The molecule has 1 heteroatoms. The van der Waals surface area contributed by atoms with E-state index in [4.69, 9.17) is 0 Å². The third-order valence-corrected chi connectivity index (χ3v) is 10.8. The van der Waals surface area contributed by atoms with Crippen molar-refractivity contribution >= 4 is 38.6 Å². The quantitative estimate of drug-likeness (QED) is 0.188. The monoisotopic (exact) mass is 611 g/mol. The van der Waals surface area contributed by atoms with Crippen molar-refractivity contribution < 1.29 is 0 Å². The molecule has 1 heterocycles. The number of hydrogen-bond donors (Lipinski definition) is 0. The number of nitrogens with zero attached hydrogens (tertiary/aromatic N) is 1. The highest BCUT2D eigenvalue weighted by molar-refractivity contribution is 6.12. The fourth-order valence-corrected chi connectivity index (χ4v) is 8.43. The zero-order valence-electron chi connectivity index (χ0n) is 27.0. The molecule has 48 heavy (non-hydrogen) atoms. The van der Waals surface area contributed by atoms with Crippen molar-refractivity contribution in [3.05, 3.63) is 175 Å². The summed E-state index contributed by atoms with van der Waals surface area (Å²) in [6, 6.07) is 60.8. The van der Waals surface area contributed by atoms with Crippen molar-refractivity contribution in [2.45, 2.75) is 19.3 Å². The first kappa shape index (κ1) is 27.2. The summed E-state index contributed by atoms with van der Waals surface area (Å²) in [7, 11) is 0. The predicted octanol–water partition coefficient (Wildman–Crippen LogP) is 13.1. The van der Waals surface area contributed by atoms with Gasteiger partial charge in [0.2, 0.25) is 0 Å². The minimum Gasteiger partial charge on any atom is -0.309 e. The van der Waals surface area contributed by atoms with Gasteiger partial charge < -0.3 is 4.90 Å². The van der Waals surface area contributed by atoms with Crippen molar-refractivity contribution in [3.8, 4) is 44.5 Å². The Bertz CT molecular complexity index is 2520. The molecule has 10 rings (SSSR count). The van der Waals surface area contributed by atoms with Crippen LogP contribution >= 0.6 is 0 Å². The highest BCUT2D eigenvalue weighted by atomic mass is 15.1. The molecule has 0 N–H and O–H groups in total. The van der Waals surface area contributed by atoms with Crippen LogP contribution < -0.4 is 4.90 Å². The van der Waals surface area contributed by atoms with Crippen LogP contribution in [0.4, 0.5) is 17.1 Å². The fraction of sp³-hybridized carbons (Fsp3) is 0.0638. The molecule has 0 amide bonds. The number of para-hydroxylation sites is 2. The van der Waals surface area contributed by atoms with E-state index < -0.39 is 0 Å². The van der Waals surface area contributed by atoms with Gasteiger partial charge in [-0.3, -0.25) is 0 Å². The van der Waals surface area contributed by atoms with Gasteiger partial charge in [-0.2, -0.15) is 0 Å². The minimum absolute atomic E-state index is 0.0494. The molecule has 0 fully saturated rings. The minimum atomic E-state index is -0.0494. The summed E-state index contributed by atoms with van der Waals surface area (Å²) in [5.74, 6) is 0. The van der Waals surface area contributed by atoms with Gasteiger partial charge in [-0.05, 0) is 109 Å². The number of anilines is 3. The van der Waals surface area contributed by atoms with Crippen LogP contribution in [0.1, 0.15) is 25.0 Å². The lowest BCUT2D eigenvalue weighted by atomic mass is 9.81. The second-order valence-corrected chi connectivity index (χ2v) is 13.8. The van der Waals surface area contributed by atoms with Crippen LogP contribution in [0.2, 0.25) is 0 Å². The standard InChI is InChI=1S/C47H33N/c1-47(2)42-25-24-34(28-40(42)41-27-32-12-3-4-13-33(32)29-43(41)47)31-16-9-17-35(26-31)48-44-22-7-5-18-36(44)38-20-10-14-30-15-11-21-39(46(30)38)37-19-6-8-23-45(37)48/h3-29H,1-2H3. The summed E-state index contributed by atoms with van der Waals surface area (Å²) in [6.07, 6.45) is 0. The Morgan fingerprint density at radius 3 is 1.62 bits per heavy atom.